The van der Waals surface area contributed by atoms with Crippen LogP contribution in [0.1, 0.15) is 23.0 Å². The maximum absolute atomic E-state index is 12.7. The number of ether oxygens (including phenoxy) is 2. The molecule has 7 heteroatoms. The molecule has 1 unspecified atom stereocenters. The van der Waals surface area contributed by atoms with Crippen LogP contribution >= 0.6 is 11.6 Å². The molecular formula is C22H22ClN3O3. The first kappa shape index (κ1) is 20.5. The van der Waals surface area contributed by atoms with Gasteiger partial charge in [0.15, 0.2) is 0 Å². The lowest BCUT2D eigenvalue weighted by Gasteiger charge is -2.18. The topological polar surface area (TPSA) is 65.4 Å². The number of benzene rings is 2. The number of hydrogen-bond donors (Lipinski definition) is 1. The standard InChI is InChI=1S/C22H22ClN3O3/c1-26-11-10-24-22(26)21(16-5-7-17(23)8-6-16)25-20(27)9-4-15-12-18(28-2)14-19(13-15)29-3/h4-14,21H,1-3H3,(H,25,27)/b9-4+. The van der Waals surface area contributed by atoms with Crippen molar-refractivity contribution in [3.63, 3.8) is 0 Å². The minimum atomic E-state index is -0.413. The Labute approximate surface area is 174 Å². The van der Waals surface area contributed by atoms with E-state index in [9.17, 15) is 4.79 Å². The van der Waals surface area contributed by atoms with Crippen molar-refractivity contribution < 1.29 is 14.3 Å². The number of methoxy groups -OCH3 is 2. The monoisotopic (exact) mass is 411 g/mol. The second-order valence-corrected chi connectivity index (χ2v) is 6.81. The van der Waals surface area contributed by atoms with Crippen molar-refractivity contribution in [1.82, 2.24) is 14.9 Å². The molecule has 0 saturated carbocycles. The van der Waals surface area contributed by atoms with Gasteiger partial charge in [0.25, 0.3) is 0 Å². The van der Waals surface area contributed by atoms with Crippen LogP contribution < -0.4 is 14.8 Å². The molecule has 0 saturated heterocycles. The molecule has 0 aliphatic carbocycles. The number of hydrogen-bond acceptors (Lipinski definition) is 4. The van der Waals surface area contributed by atoms with Crippen molar-refractivity contribution >= 4 is 23.6 Å². The van der Waals surface area contributed by atoms with E-state index in [0.29, 0.717) is 16.5 Å². The molecule has 0 bridgehead atoms. The van der Waals surface area contributed by atoms with Gasteiger partial charge in [-0.2, -0.15) is 0 Å². The maximum atomic E-state index is 12.7. The molecule has 3 rings (SSSR count). The first-order valence-electron chi connectivity index (χ1n) is 8.94. The van der Waals surface area contributed by atoms with Crippen molar-refractivity contribution in [2.45, 2.75) is 6.04 Å². The minimum absolute atomic E-state index is 0.255. The zero-order chi connectivity index (χ0) is 20.8. The highest BCUT2D eigenvalue weighted by Gasteiger charge is 2.19. The Hall–Kier alpha value is -3.25. The van der Waals surface area contributed by atoms with Gasteiger partial charge < -0.3 is 19.4 Å². The summed E-state index contributed by atoms with van der Waals surface area (Å²) in [5, 5.41) is 3.64. The molecule has 1 amide bonds. The highest BCUT2D eigenvalue weighted by atomic mass is 35.5. The van der Waals surface area contributed by atoms with E-state index in [1.165, 1.54) is 6.08 Å². The number of amides is 1. The fraction of sp³-hybridized carbons (Fsp3) is 0.182. The molecule has 1 N–H and O–H groups in total. The molecule has 150 valence electrons. The molecule has 2 aromatic carbocycles. The van der Waals surface area contributed by atoms with Crippen molar-refractivity contribution in [2.75, 3.05) is 14.2 Å². The molecule has 1 heterocycles. The van der Waals surface area contributed by atoms with E-state index in [1.54, 1.807) is 44.7 Å². The molecule has 0 aliphatic heterocycles. The quantitative estimate of drug-likeness (QED) is 0.596. The maximum Gasteiger partial charge on any atom is 0.244 e. The Morgan fingerprint density at radius 1 is 1.14 bits per heavy atom. The van der Waals surface area contributed by atoms with Crippen LogP contribution in [0.5, 0.6) is 11.5 Å². The zero-order valence-electron chi connectivity index (χ0n) is 16.4. The van der Waals surface area contributed by atoms with Crippen LogP contribution in [0, 0.1) is 0 Å². The number of nitrogens with one attached hydrogen (secondary N) is 1. The number of halogens is 1. The van der Waals surface area contributed by atoms with Gasteiger partial charge in [0, 0.05) is 36.6 Å². The number of carbonyl (C=O) groups is 1. The van der Waals surface area contributed by atoms with Crippen LogP contribution in [0.25, 0.3) is 6.08 Å². The zero-order valence-corrected chi connectivity index (χ0v) is 17.2. The van der Waals surface area contributed by atoms with Crippen LogP contribution in [-0.4, -0.2) is 29.7 Å². The predicted molar refractivity (Wildman–Crippen MR) is 113 cm³/mol. The van der Waals surface area contributed by atoms with E-state index in [1.807, 2.05) is 42.1 Å². The highest BCUT2D eigenvalue weighted by molar-refractivity contribution is 6.30. The Balaban J connectivity index is 1.83. The van der Waals surface area contributed by atoms with Crippen molar-refractivity contribution in [3.8, 4) is 11.5 Å². The first-order valence-corrected chi connectivity index (χ1v) is 9.32. The lowest BCUT2D eigenvalue weighted by molar-refractivity contribution is -0.117. The molecule has 1 atom stereocenters. The molecule has 1 aromatic heterocycles. The molecule has 3 aromatic rings. The van der Waals surface area contributed by atoms with Gasteiger partial charge in [-0.1, -0.05) is 23.7 Å². The lowest BCUT2D eigenvalue weighted by Crippen LogP contribution is -2.29. The average Bonchev–Trinajstić information content (AvgIpc) is 3.16. The van der Waals surface area contributed by atoms with Crippen LogP contribution in [0.4, 0.5) is 0 Å². The summed E-state index contributed by atoms with van der Waals surface area (Å²) >= 11 is 6.01. The summed E-state index contributed by atoms with van der Waals surface area (Å²) in [6, 6.07) is 12.3. The van der Waals surface area contributed by atoms with Crippen molar-refractivity contribution in [1.29, 1.82) is 0 Å². The third kappa shape index (κ3) is 5.18. The predicted octanol–water partition coefficient (Wildman–Crippen LogP) is 4.01. The molecule has 0 aliphatic rings. The van der Waals surface area contributed by atoms with E-state index in [2.05, 4.69) is 10.3 Å². The summed E-state index contributed by atoms with van der Waals surface area (Å²) in [6.07, 6.45) is 6.71. The van der Waals surface area contributed by atoms with Gasteiger partial charge in [-0.25, -0.2) is 4.98 Å². The molecule has 0 spiro atoms. The Morgan fingerprint density at radius 3 is 2.34 bits per heavy atom. The smallest absolute Gasteiger partial charge is 0.244 e. The Bertz CT molecular complexity index is 990. The minimum Gasteiger partial charge on any atom is -0.497 e. The number of nitrogens with zero attached hydrogens (tertiary/aromatic N) is 2. The first-order chi connectivity index (χ1) is 14.0. The van der Waals surface area contributed by atoms with E-state index in [4.69, 9.17) is 21.1 Å². The fourth-order valence-electron chi connectivity index (χ4n) is 2.90. The molecule has 6 nitrogen and oxygen atoms in total. The van der Waals surface area contributed by atoms with E-state index >= 15 is 0 Å². The third-order valence-corrected chi connectivity index (χ3v) is 4.66. The van der Waals surface area contributed by atoms with E-state index in [-0.39, 0.29) is 5.91 Å². The summed E-state index contributed by atoms with van der Waals surface area (Å²) in [5.41, 5.74) is 1.67. The summed E-state index contributed by atoms with van der Waals surface area (Å²) in [6.45, 7) is 0. The average molecular weight is 412 g/mol. The van der Waals surface area contributed by atoms with Crippen LogP contribution in [0.3, 0.4) is 0 Å². The fourth-order valence-corrected chi connectivity index (χ4v) is 3.02. The van der Waals surface area contributed by atoms with E-state index in [0.717, 1.165) is 17.0 Å². The summed E-state index contributed by atoms with van der Waals surface area (Å²) in [5.74, 6) is 1.76. The number of aryl methyl sites for hydroxylation is 1. The van der Waals surface area contributed by atoms with E-state index < -0.39 is 6.04 Å². The van der Waals surface area contributed by atoms with Gasteiger partial charge in [0.1, 0.15) is 23.4 Å². The van der Waals surface area contributed by atoms with Crippen LogP contribution in [-0.2, 0) is 11.8 Å². The Kier molecular flexibility index (Phi) is 6.57. The molecule has 0 radical (unpaired) electrons. The summed E-state index contributed by atoms with van der Waals surface area (Å²) in [7, 11) is 5.05. The van der Waals surface area contributed by atoms with Gasteiger partial charge in [-0.05, 0) is 41.5 Å². The number of imidazole rings is 1. The van der Waals surface area contributed by atoms with Gasteiger partial charge in [-0.15, -0.1) is 0 Å². The molecule has 0 fully saturated rings. The Morgan fingerprint density at radius 2 is 1.79 bits per heavy atom. The lowest BCUT2D eigenvalue weighted by atomic mass is 10.1. The number of carbonyl (C=O) groups excluding carboxylic acids is 1. The largest absolute Gasteiger partial charge is 0.497 e. The second-order valence-electron chi connectivity index (χ2n) is 6.37. The van der Waals surface area contributed by atoms with Gasteiger partial charge in [0.05, 0.1) is 14.2 Å². The van der Waals surface area contributed by atoms with Crippen LogP contribution in [0.2, 0.25) is 5.02 Å². The number of aromatic nitrogens is 2. The van der Waals surface area contributed by atoms with Gasteiger partial charge >= 0.3 is 0 Å². The SMILES string of the molecule is COc1cc(/C=C/C(=O)NC(c2ccc(Cl)cc2)c2nccn2C)cc(OC)c1. The summed E-state index contributed by atoms with van der Waals surface area (Å²) in [4.78, 5) is 17.0. The molecule has 29 heavy (non-hydrogen) atoms. The molecular weight excluding hydrogens is 390 g/mol. The van der Waals surface area contributed by atoms with Crippen LogP contribution in [0.15, 0.2) is 60.9 Å². The van der Waals surface area contributed by atoms with Crippen molar-refractivity contribution in [2.24, 2.45) is 7.05 Å². The van der Waals surface area contributed by atoms with Gasteiger partial charge in [0.2, 0.25) is 5.91 Å². The summed E-state index contributed by atoms with van der Waals surface area (Å²) < 4.78 is 12.4. The normalized spacial score (nSPS) is 12.0. The van der Waals surface area contributed by atoms with Gasteiger partial charge in [-0.3, -0.25) is 4.79 Å². The third-order valence-electron chi connectivity index (χ3n) is 4.41. The highest BCUT2D eigenvalue weighted by Crippen LogP contribution is 2.24. The second kappa shape index (κ2) is 9.30. The van der Waals surface area contributed by atoms with Crippen molar-refractivity contribution in [3.05, 3.63) is 82.9 Å². The number of rotatable bonds is 7.